The number of carbonyl (C=O) groups excluding carboxylic acids is 1. The smallest absolute Gasteiger partial charge is 0.253 e. The van der Waals surface area contributed by atoms with Crippen LogP contribution in [0.4, 0.5) is 10.3 Å². The Morgan fingerprint density at radius 1 is 1.14 bits per heavy atom. The van der Waals surface area contributed by atoms with Crippen molar-refractivity contribution in [3.63, 3.8) is 0 Å². The highest BCUT2D eigenvalue weighted by molar-refractivity contribution is 5.94. The van der Waals surface area contributed by atoms with Crippen molar-refractivity contribution >= 4 is 11.9 Å². The second-order valence-corrected chi connectivity index (χ2v) is 6.99. The molecule has 1 aliphatic heterocycles. The number of carbonyl (C=O) groups is 1. The van der Waals surface area contributed by atoms with E-state index in [1.165, 1.54) is 12.1 Å². The van der Waals surface area contributed by atoms with E-state index in [2.05, 4.69) is 9.97 Å². The summed E-state index contributed by atoms with van der Waals surface area (Å²) < 4.78 is 13.7. The second-order valence-electron chi connectivity index (χ2n) is 6.99. The number of piperidine rings is 1. The van der Waals surface area contributed by atoms with E-state index in [1.807, 2.05) is 41.3 Å². The van der Waals surface area contributed by atoms with E-state index in [4.69, 9.17) is 5.73 Å². The van der Waals surface area contributed by atoms with Crippen LogP contribution >= 0.6 is 0 Å². The zero-order valence-electron chi connectivity index (χ0n) is 15.4. The predicted octanol–water partition coefficient (Wildman–Crippen LogP) is 3.88. The molecule has 6 heteroatoms. The average Bonchev–Trinajstić information content (AvgIpc) is 2.74. The van der Waals surface area contributed by atoms with E-state index in [9.17, 15) is 9.18 Å². The molecule has 1 aromatic heterocycles. The second kappa shape index (κ2) is 7.76. The fourth-order valence-electron chi connectivity index (χ4n) is 3.75. The summed E-state index contributed by atoms with van der Waals surface area (Å²) in [6, 6.07) is 15.6. The fraction of sp³-hybridized carbons (Fsp3) is 0.227. The lowest BCUT2D eigenvalue weighted by Crippen LogP contribution is -2.39. The number of aromatic nitrogens is 2. The van der Waals surface area contributed by atoms with Crippen molar-refractivity contribution in [1.82, 2.24) is 14.9 Å². The lowest BCUT2D eigenvalue weighted by molar-refractivity contribution is 0.0706. The number of hydrogen-bond donors (Lipinski definition) is 1. The molecule has 2 N–H and O–H groups in total. The molecule has 1 saturated heterocycles. The third kappa shape index (κ3) is 3.71. The maximum atomic E-state index is 13.7. The summed E-state index contributed by atoms with van der Waals surface area (Å²) in [5, 5.41) is 0. The Balaban J connectivity index is 1.65. The van der Waals surface area contributed by atoms with Crippen LogP contribution in [-0.4, -0.2) is 33.9 Å². The van der Waals surface area contributed by atoms with Crippen LogP contribution in [0.15, 0.2) is 60.8 Å². The number of rotatable bonds is 3. The molecule has 2 aromatic carbocycles. The van der Waals surface area contributed by atoms with Crippen molar-refractivity contribution in [3.05, 3.63) is 77.9 Å². The number of nitrogen functional groups attached to an aromatic ring is 1. The van der Waals surface area contributed by atoms with Crippen molar-refractivity contribution in [2.45, 2.75) is 18.8 Å². The number of nitrogens with zero attached hydrogens (tertiary/aromatic N) is 3. The Kier molecular flexibility index (Phi) is 5.02. The quantitative estimate of drug-likeness (QED) is 0.753. The topological polar surface area (TPSA) is 72.1 Å². The van der Waals surface area contributed by atoms with Crippen LogP contribution in [0.25, 0.3) is 11.1 Å². The fourth-order valence-corrected chi connectivity index (χ4v) is 3.75. The SMILES string of the molecule is Nc1ncc(-c2cccc(F)c2)c([C@H]2CCCN(C(=O)c3ccccc3)C2)n1. The molecule has 3 aromatic rings. The molecule has 4 rings (SSSR count). The van der Waals surface area contributed by atoms with E-state index < -0.39 is 0 Å². The predicted molar refractivity (Wildman–Crippen MR) is 106 cm³/mol. The Morgan fingerprint density at radius 2 is 1.96 bits per heavy atom. The normalized spacial score (nSPS) is 16.8. The van der Waals surface area contributed by atoms with Crippen LogP contribution in [-0.2, 0) is 0 Å². The number of likely N-dealkylation sites (tertiary alicyclic amines) is 1. The highest BCUT2D eigenvalue weighted by atomic mass is 19.1. The first-order valence-corrected chi connectivity index (χ1v) is 9.34. The zero-order chi connectivity index (χ0) is 19.5. The lowest BCUT2D eigenvalue weighted by Gasteiger charge is -2.33. The summed E-state index contributed by atoms with van der Waals surface area (Å²) in [4.78, 5) is 23.3. The van der Waals surface area contributed by atoms with Crippen LogP contribution in [0.2, 0.25) is 0 Å². The first kappa shape index (κ1) is 18.1. The molecule has 28 heavy (non-hydrogen) atoms. The van der Waals surface area contributed by atoms with Crippen molar-refractivity contribution in [3.8, 4) is 11.1 Å². The van der Waals surface area contributed by atoms with Crippen LogP contribution in [0, 0.1) is 5.82 Å². The molecule has 0 spiro atoms. The van der Waals surface area contributed by atoms with Gasteiger partial charge in [-0.05, 0) is 42.7 Å². The molecular weight excluding hydrogens is 355 g/mol. The van der Waals surface area contributed by atoms with E-state index >= 15 is 0 Å². The standard InChI is InChI=1S/C22H21FN4O/c23-18-10-4-8-16(12-18)19-13-25-22(24)26-20(19)17-9-5-11-27(14-17)21(28)15-6-2-1-3-7-15/h1-4,6-8,10,12-13,17H,5,9,11,14H2,(H2,24,25,26)/t17-/m0/s1. The van der Waals surface area contributed by atoms with Gasteiger partial charge in [0.1, 0.15) is 5.82 Å². The first-order chi connectivity index (χ1) is 13.6. The average molecular weight is 376 g/mol. The van der Waals surface area contributed by atoms with Crippen LogP contribution in [0.3, 0.4) is 0 Å². The molecule has 0 unspecified atom stereocenters. The van der Waals surface area contributed by atoms with Crippen LogP contribution in [0.1, 0.15) is 34.8 Å². The minimum atomic E-state index is -0.315. The molecule has 5 nitrogen and oxygen atoms in total. The summed E-state index contributed by atoms with van der Waals surface area (Å²) in [5.74, 6) is -0.101. The maximum Gasteiger partial charge on any atom is 0.253 e. The lowest BCUT2D eigenvalue weighted by atomic mass is 9.89. The summed E-state index contributed by atoms with van der Waals surface area (Å²) in [6.07, 6.45) is 3.40. The molecule has 0 saturated carbocycles. The van der Waals surface area contributed by atoms with Gasteiger partial charge in [-0.2, -0.15) is 0 Å². The summed E-state index contributed by atoms with van der Waals surface area (Å²) in [6.45, 7) is 1.26. The van der Waals surface area contributed by atoms with Gasteiger partial charge in [0.2, 0.25) is 5.95 Å². The Morgan fingerprint density at radius 3 is 2.75 bits per heavy atom. The zero-order valence-corrected chi connectivity index (χ0v) is 15.4. The Bertz CT molecular complexity index is 993. The Hall–Kier alpha value is -3.28. The van der Waals surface area contributed by atoms with E-state index in [0.29, 0.717) is 24.2 Å². The highest BCUT2D eigenvalue weighted by Crippen LogP contribution is 2.34. The monoisotopic (exact) mass is 376 g/mol. The molecule has 0 aliphatic carbocycles. The number of amides is 1. The maximum absolute atomic E-state index is 13.7. The minimum Gasteiger partial charge on any atom is -0.368 e. The van der Waals surface area contributed by atoms with Crippen molar-refractivity contribution < 1.29 is 9.18 Å². The van der Waals surface area contributed by atoms with Gasteiger partial charge in [0, 0.05) is 36.3 Å². The number of anilines is 1. The third-order valence-corrected chi connectivity index (χ3v) is 5.09. The minimum absolute atomic E-state index is 0.0135. The van der Waals surface area contributed by atoms with Gasteiger partial charge in [0.15, 0.2) is 0 Å². The number of halogens is 1. The van der Waals surface area contributed by atoms with E-state index in [1.54, 1.807) is 12.3 Å². The van der Waals surface area contributed by atoms with Gasteiger partial charge in [-0.3, -0.25) is 4.79 Å². The molecule has 142 valence electrons. The largest absolute Gasteiger partial charge is 0.368 e. The van der Waals surface area contributed by atoms with Gasteiger partial charge < -0.3 is 10.6 Å². The molecular formula is C22H21FN4O. The summed E-state index contributed by atoms with van der Waals surface area (Å²) in [7, 11) is 0. The van der Waals surface area contributed by atoms with Gasteiger partial charge >= 0.3 is 0 Å². The molecule has 1 atom stereocenters. The summed E-state index contributed by atoms with van der Waals surface area (Å²) >= 11 is 0. The molecule has 0 bridgehead atoms. The molecule has 0 radical (unpaired) electrons. The molecule has 2 heterocycles. The molecule has 1 aliphatic rings. The Labute approximate surface area is 163 Å². The molecule has 1 fully saturated rings. The van der Waals surface area contributed by atoms with Gasteiger partial charge in [0.05, 0.1) is 5.69 Å². The number of benzene rings is 2. The highest BCUT2D eigenvalue weighted by Gasteiger charge is 2.28. The van der Waals surface area contributed by atoms with Gasteiger partial charge in [-0.15, -0.1) is 0 Å². The van der Waals surface area contributed by atoms with Gasteiger partial charge in [-0.1, -0.05) is 30.3 Å². The number of hydrogen-bond acceptors (Lipinski definition) is 4. The van der Waals surface area contributed by atoms with E-state index in [0.717, 1.165) is 24.1 Å². The van der Waals surface area contributed by atoms with Crippen LogP contribution < -0.4 is 5.73 Å². The third-order valence-electron chi connectivity index (χ3n) is 5.09. The van der Waals surface area contributed by atoms with Gasteiger partial charge in [0.25, 0.3) is 5.91 Å². The number of nitrogens with two attached hydrogens (primary N) is 1. The van der Waals surface area contributed by atoms with Crippen molar-refractivity contribution in [2.75, 3.05) is 18.8 Å². The molecule has 1 amide bonds. The van der Waals surface area contributed by atoms with Crippen LogP contribution in [0.5, 0.6) is 0 Å². The van der Waals surface area contributed by atoms with E-state index in [-0.39, 0.29) is 23.6 Å². The van der Waals surface area contributed by atoms with Gasteiger partial charge in [-0.25, -0.2) is 14.4 Å². The first-order valence-electron chi connectivity index (χ1n) is 9.34. The summed E-state index contributed by atoms with van der Waals surface area (Å²) in [5.41, 5.74) is 8.76. The van der Waals surface area contributed by atoms with Crippen molar-refractivity contribution in [1.29, 1.82) is 0 Å². The van der Waals surface area contributed by atoms with Crippen molar-refractivity contribution in [2.24, 2.45) is 0 Å².